The number of hydrogen-bond donors (Lipinski definition) is 1. The van der Waals surface area contributed by atoms with Crippen LogP contribution in [0.1, 0.15) is 21.5 Å². The Morgan fingerprint density at radius 3 is 2.42 bits per heavy atom. The smallest absolute Gasteiger partial charge is 0.257 e. The van der Waals surface area contributed by atoms with E-state index in [1.807, 2.05) is 13.8 Å². The van der Waals surface area contributed by atoms with Crippen molar-refractivity contribution in [3.63, 3.8) is 0 Å². The Morgan fingerprint density at radius 2 is 1.81 bits per heavy atom. The zero-order valence-electron chi connectivity index (χ0n) is 14.3. The highest BCUT2D eigenvalue weighted by molar-refractivity contribution is 7.91. The van der Waals surface area contributed by atoms with Crippen LogP contribution in [0.25, 0.3) is 0 Å². The summed E-state index contributed by atoms with van der Waals surface area (Å²) in [6.07, 6.45) is 4.37. The van der Waals surface area contributed by atoms with Crippen molar-refractivity contribution in [3.8, 4) is 0 Å². The van der Waals surface area contributed by atoms with Gasteiger partial charge in [0.25, 0.3) is 5.91 Å². The Kier molecular flexibility index (Phi) is 4.81. The van der Waals surface area contributed by atoms with Crippen molar-refractivity contribution in [2.24, 2.45) is 0 Å². The number of benzene rings is 1. The molecule has 1 amide bonds. The molecule has 1 aromatic carbocycles. The first kappa shape index (κ1) is 17.8. The molecule has 3 rings (SSSR count). The summed E-state index contributed by atoms with van der Waals surface area (Å²) >= 11 is 0. The third kappa shape index (κ3) is 3.62. The first-order valence-corrected chi connectivity index (χ1v) is 9.36. The summed E-state index contributed by atoms with van der Waals surface area (Å²) in [5, 5.41) is 2.57. The number of pyridine rings is 2. The molecule has 2 aromatic heterocycles. The molecule has 0 aliphatic carbocycles. The second-order valence-electron chi connectivity index (χ2n) is 5.83. The van der Waals surface area contributed by atoms with Crippen LogP contribution in [0.2, 0.25) is 0 Å². The quantitative estimate of drug-likeness (QED) is 0.765. The van der Waals surface area contributed by atoms with Gasteiger partial charge in [-0.1, -0.05) is 6.07 Å². The Hall–Kier alpha value is -3.06. The van der Waals surface area contributed by atoms with Crippen molar-refractivity contribution in [1.29, 1.82) is 0 Å². The molecule has 6 nitrogen and oxygen atoms in total. The molecule has 0 saturated carbocycles. The van der Waals surface area contributed by atoms with Gasteiger partial charge in [0, 0.05) is 12.4 Å². The lowest BCUT2D eigenvalue weighted by Gasteiger charge is -2.08. The first-order valence-electron chi connectivity index (χ1n) is 7.88. The number of aromatic nitrogens is 2. The highest BCUT2D eigenvalue weighted by Gasteiger charge is 2.20. The lowest BCUT2D eigenvalue weighted by atomic mass is 10.1. The van der Waals surface area contributed by atoms with E-state index >= 15 is 0 Å². The number of nitrogens with one attached hydrogen (secondary N) is 1. The number of anilines is 1. The van der Waals surface area contributed by atoms with Crippen molar-refractivity contribution in [1.82, 2.24) is 9.97 Å². The van der Waals surface area contributed by atoms with Crippen molar-refractivity contribution >= 4 is 21.4 Å². The Balaban J connectivity index is 1.84. The van der Waals surface area contributed by atoms with E-state index in [2.05, 4.69) is 15.3 Å². The maximum atomic E-state index is 12.7. The lowest BCUT2D eigenvalue weighted by Crippen LogP contribution is -2.13. The van der Waals surface area contributed by atoms with E-state index in [4.69, 9.17) is 0 Å². The fraction of sp³-hybridized carbons (Fsp3) is 0.105. The second-order valence-corrected chi connectivity index (χ2v) is 7.73. The van der Waals surface area contributed by atoms with Crippen LogP contribution in [-0.2, 0) is 9.84 Å². The minimum Gasteiger partial charge on any atom is -0.321 e. The van der Waals surface area contributed by atoms with E-state index in [0.29, 0.717) is 5.69 Å². The molecule has 0 atom stereocenters. The molecule has 0 unspecified atom stereocenters. The monoisotopic (exact) mass is 367 g/mol. The van der Waals surface area contributed by atoms with Crippen LogP contribution in [0, 0.1) is 13.8 Å². The number of aryl methyl sites for hydroxylation is 2. The van der Waals surface area contributed by atoms with Crippen molar-refractivity contribution in [2.75, 3.05) is 5.32 Å². The van der Waals surface area contributed by atoms with Crippen LogP contribution < -0.4 is 5.32 Å². The summed E-state index contributed by atoms with van der Waals surface area (Å²) in [5.41, 5.74) is 2.70. The van der Waals surface area contributed by atoms with E-state index < -0.39 is 9.84 Å². The Morgan fingerprint density at radius 1 is 1.00 bits per heavy atom. The third-order valence-corrected chi connectivity index (χ3v) is 5.65. The lowest BCUT2D eigenvalue weighted by molar-refractivity contribution is 0.102. The van der Waals surface area contributed by atoms with E-state index in [0.717, 1.165) is 11.1 Å². The van der Waals surface area contributed by atoms with E-state index in [-0.39, 0.29) is 21.4 Å². The van der Waals surface area contributed by atoms with Crippen LogP contribution in [-0.4, -0.2) is 24.3 Å². The zero-order valence-corrected chi connectivity index (χ0v) is 15.1. The molecule has 2 heterocycles. The molecule has 0 radical (unpaired) electrons. The molecule has 7 heteroatoms. The van der Waals surface area contributed by atoms with Gasteiger partial charge in [0.2, 0.25) is 9.84 Å². The topological polar surface area (TPSA) is 89.0 Å². The summed E-state index contributed by atoms with van der Waals surface area (Å²) in [6, 6.07) is 11.1. The number of hydrogen-bond acceptors (Lipinski definition) is 5. The van der Waals surface area contributed by atoms with Crippen LogP contribution >= 0.6 is 0 Å². The minimum absolute atomic E-state index is 0.0984. The molecule has 0 aliphatic heterocycles. The molecule has 0 aliphatic rings. The van der Waals surface area contributed by atoms with Gasteiger partial charge in [0.05, 0.1) is 22.3 Å². The summed E-state index contributed by atoms with van der Waals surface area (Å²) < 4.78 is 25.4. The fourth-order valence-corrected chi connectivity index (χ4v) is 3.57. The van der Waals surface area contributed by atoms with Gasteiger partial charge in [-0.05, 0) is 61.4 Å². The normalized spacial score (nSPS) is 11.2. The van der Waals surface area contributed by atoms with E-state index in [1.54, 1.807) is 36.5 Å². The van der Waals surface area contributed by atoms with Gasteiger partial charge in [-0.15, -0.1) is 0 Å². The molecule has 1 N–H and O–H groups in total. The number of nitrogens with zero attached hydrogens (tertiary/aromatic N) is 2. The minimum atomic E-state index is -3.73. The largest absolute Gasteiger partial charge is 0.321 e. The molecule has 26 heavy (non-hydrogen) atoms. The summed E-state index contributed by atoms with van der Waals surface area (Å²) in [6.45, 7) is 3.77. The Bertz CT molecular complexity index is 1050. The van der Waals surface area contributed by atoms with Gasteiger partial charge < -0.3 is 5.32 Å². The molecule has 132 valence electrons. The number of rotatable bonds is 4. The average Bonchev–Trinajstić information content (AvgIpc) is 2.65. The number of carbonyl (C=O) groups is 1. The van der Waals surface area contributed by atoms with E-state index in [9.17, 15) is 13.2 Å². The van der Waals surface area contributed by atoms with Gasteiger partial charge in [0.1, 0.15) is 0 Å². The second kappa shape index (κ2) is 7.05. The summed E-state index contributed by atoms with van der Waals surface area (Å²) in [5.74, 6) is -0.388. The van der Waals surface area contributed by atoms with Crippen molar-refractivity contribution < 1.29 is 13.2 Å². The molecule has 0 bridgehead atoms. The fourth-order valence-electron chi connectivity index (χ4n) is 2.32. The van der Waals surface area contributed by atoms with Crippen LogP contribution in [0.5, 0.6) is 0 Å². The predicted octanol–water partition coefficient (Wildman–Crippen LogP) is 3.18. The van der Waals surface area contributed by atoms with Crippen LogP contribution in [0.15, 0.2) is 71.0 Å². The number of carbonyl (C=O) groups excluding carboxylic acids is 1. The summed E-state index contributed by atoms with van der Waals surface area (Å²) in [4.78, 5) is 20.3. The van der Waals surface area contributed by atoms with Gasteiger partial charge in [-0.25, -0.2) is 13.4 Å². The van der Waals surface area contributed by atoms with Gasteiger partial charge in [0.15, 0.2) is 5.03 Å². The molecule has 0 spiro atoms. The van der Waals surface area contributed by atoms with Crippen molar-refractivity contribution in [3.05, 3.63) is 77.7 Å². The number of amides is 1. The van der Waals surface area contributed by atoms with E-state index in [1.165, 1.54) is 24.5 Å². The van der Waals surface area contributed by atoms with Gasteiger partial charge in [-0.2, -0.15) is 0 Å². The van der Waals surface area contributed by atoms with Crippen LogP contribution in [0.4, 0.5) is 5.69 Å². The van der Waals surface area contributed by atoms with Gasteiger partial charge >= 0.3 is 0 Å². The third-order valence-electron chi connectivity index (χ3n) is 3.98. The molecular formula is C19H17N3O3S. The molecular weight excluding hydrogens is 350 g/mol. The van der Waals surface area contributed by atoms with Crippen molar-refractivity contribution in [2.45, 2.75) is 23.8 Å². The number of sulfone groups is 1. The molecule has 0 saturated heterocycles. The maximum absolute atomic E-state index is 12.7. The van der Waals surface area contributed by atoms with Gasteiger partial charge in [-0.3, -0.25) is 9.78 Å². The standard InChI is InChI=1S/C19H17N3O3S/c1-13-5-7-17(10-14(13)2)26(24,25)18-8-6-15(11-21-18)19(23)22-16-4-3-9-20-12-16/h3-12H,1-2H3,(H,22,23). The Labute approximate surface area is 151 Å². The maximum Gasteiger partial charge on any atom is 0.257 e. The average molecular weight is 367 g/mol. The zero-order chi connectivity index (χ0) is 18.7. The molecule has 3 aromatic rings. The molecule has 0 fully saturated rings. The highest BCUT2D eigenvalue weighted by atomic mass is 32.2. The SMILES string of the molecule is Cc1ccc(S(=O)(=O)c2ccc(C(=O)Nc3cccnc3)cn2)cc1C. The first-order chi connectivity index (χ1) is 12.4. The predicted molar refractivity (Wildman–Crippen MR) is 97.8 cm³/mol. The summed E-state index contributed by atoms with van der Waals surface area (Å²) in [7, 11) is -3.73. The van der Waals surface area contributed by atoms with Crippen LogP contribution in [0.3, 0.4) is 0 Å². The highest BCUT2D eigenvalue weighted by Crippen LogP contribution is 2.21.